The average molecular weight is 289 g/mol. The van der Waals surface area contributed by atoms with Gasteiger partial charge in [-0.3, -0.25) is 0 Å². The van der Waals surface area contributed by atoms with Crippen molar-refractivity contribution in [3.8, 4) is 0 Å². The molecule has 1 unspecified atom stereocenters. The number of hydrogen-bond acceptors (Lipinski definition) is 2. The largest absolute Gasteiger partial charge is 0.387 e. The zero-order valence-electron chi connectivity index (χ0n) is 14.0. The van der Waals surface area contributed by atoms with Crippen molar-refractivity contribution >= 4 is 0 Å². The van der Waals surface area contributed by atoms with Gasteiger partial charge in [0.15, 0.2) is 0 Å². The van der Waals surface area contributed by atoms with Crippen LogP contribution in [0.3, 0.4) is 0 Å². The highest BCUT2D eigenvalue weighted by Crippen LogP contribution is 2.35. The smallest absolute Gasteiger partial charge is 0.0914 e. The van der Waals surface area contributed by atoms with Gasteiger partial charge in [-0.15, -0.1) is 0 Å². The van der Waals surface area contributed by atoms with Gasteiger partial charge in [0.25, 0.3) is 0 Å². The maximum atomic E-state index is 10.3. The summed E-state index contributed by atoms with van der Waals surface area (Å²) >= 11 is 0. The van der Waals surface area contributed by atoms with Crippen molar-refractivity contribution in [3.05, 3.63) is 35.4 Å². The summed E-state index contributed by atoms with van der Waals surface area (Å²) in [6, 6.07) is 8.96. The molecule has 0 bridgehead atoms. The molecule has 1 aromatic carbocycles. The molecule has 0 amide bonds. The SMILES string of the molecule is CC(C)c1ccc(C(O)CNC2CCC(C)(C)CC2)cc1. The topological polar surface area (TPSA) is 32.3 Å². The van der Waals surface area contributed by atoms with Crippen molar-refractivity contribution in [2.45, 2.75) is 71.4 Å². The van der Waals surface area contributed by atoms with Crippen molar-refractivity contribution in [2.24, 2.45) is 5.41 Å². The van der Waals surface area contributed by atoms with Crippen LogP contribution in [0.15, 0.2) is 24.3 Å². The predicted molar refractivity (Wildman–Crippen MR) is 89.5 cm³/mol. The second kappa shape index (κ2) is 6.93. The fourth-order valence-corrected chi connectivity index (χ4v) is 3.10. The first-order chi connectivity index (χ1) is 9.87. The van der Waals surface area contributed by atoms with E-state index in [1.165, 1.54) is 31.2 Å². The molecule has 21 heavy (non-hydrogen) atoms. The molecule has 0 saturated heterocycles. The first kappa shape index (κ1) is 16.5. The van der Waals surface area contributed by atoms with Gasteiger partial charge in [0.05, 0.1) is 6.10 Å². The van der Waals surface area contributed by atoms with Crippen molar-refractivity contribution in [3.63, 3.8) is 0 Å². The lowest BCUT2D eigenvalue weighted by molar-refractivity contribution is 0.152. The van der Waals surface area contributed by atoms with Crippen LogP contribution >= 0.6 is 0 Å². The van der Waals surface area contributed by atoms with Gasteiger partial charge in [-0.2, -0.15) is 0 Å². The van der Waals surface area contributed by atoms with E-state index in [9.17, 15) is 5.11 Å². The third kappa shape index (κ3) is 4.82. The third-order valence-corrected chi connectivity index (χ3v) is 4.93. The molecule has 118 valence electrons. The maximum Gasteiger partial charge on any atom is 0.0914 e. The number of rotatable bonds is 5. The minimum absolute atomic E-state index is 0.402. The minimum atomic E-state index is -0.402. The standard InChI is InChI=1S/C19H31NO/c1-14(2)15-5-7-16(8-6-15)18(21)13-20-17-9-11-19(3,4)12-10-17/h5-8,14,17-18,20-21H,9-13H2,1-4H3. The zero-order valence-corrected chi connectivity index (χ0v) is 14.0. The molecule has 0 heterocycles. The Morgan fingerprint density at radius 3 is 2.14 bits per heavy atom. The van der Waals surface area contributed by atoms with E-state index in [2.05, 4.69) is 57.3 Å². The summed E-state index contributed by atoms with van der Waals surface area (Å²) in [4.78, 5) is 0. The van der Waals surface area contributed by atoms with Crippen LogP contribution in [-0.4, -0.2) is 17.7 Å². The molecular formula is C19H31NO. The average Bonchev–Trinajstić information content (AvgIpc) is 2.46. The molecule has 1 saturated carbocycles. The molecule has 1 fully saturated rings. The Morgan fingerprint density at radius 1 is 1.10 bits per heavy atom. The Hall–Kier alpha value is -0.860. The summed E-state index contributed by atoms with van der Waals surface area (Å²) < 4.78 is 0. The van der Waals surface area contributed by atoms with Gasteiger partial charge in [0, 0.05) is 12.6 Å². The van der Waals surface area contributed by atoms with Gasteiger partial charge >= 0.3 is 0 Å². The lowest BCUT2D eigenvalue weighted by Gasteiger charge is -2.35. The number of aliphatic hydroxyl groups is 1. The molecule has 2 rings (SSSR count). The highest BCUT2D eigenvalue weighted by Gasteiger charge is 2.26. The Bertz CT molecular complexity index is 425. The van der Waals surface area contributed by atoms with Crippen molar-refractivity contribution in [2.75, 3.05) is 6.54 Å². The zero-order chi connectivity index (χ0) is 15.5. The van der Waals surface area contributed by atoms with Gasteiger partial charge in [-0.05, 0) is 48.1 Å². The summed E-state index contributed by atoms with van der Waals surface area (Å²) in [5, 5.41) is 13.9. The number of nitrogens with one attached hydrogen (secondary N) is 1. The molecule has 2 heteroatoms. The lowest BCUT2D eigenvalue weighted by Crippen LogP contribution is -2.37. The van der Waals surface area contributed by atoms with E-state index in [1.807, 2.05) is 0 Å². The summed E-state index contributed by atoms with van der Waals surface area (Å²) in [6.45, 7) is 9.75. The second-order valence-electron chi connectivity index (χ2n) is 7.68. The minimum Gasteiger partial charge on any atom is -0.387 e. The molecule has 0 aliphatic heterocycles. The van der Waals surface area contributed by atoms with Crippen LogP contribution in [0.5, 0.6) is 0 Å². The van der Waals surface area contributed by atoms with Gasteiger partial charge in [0.1, 0.15) is 0 Å². The first-order valence-corrected chi connectivity index (χ1v) is 8.39. The van der Waals surface area contributed by atoms with Gasteiger partial charge in [-0.1, -0.05) is 52.0 Å². The van der Waals surface area contributed by atoms with E-state index < -0.39 is 6.10 Å². The fraction of sp³-hybridized carbons (Fsp3) is 0.684. The Kier molecular flexibility index (Phi) is 5.45. The molecule has 1 aliphatic carbocycles. The van der Waals surface area contributed by atoms with Crippen molar-refractivity contribution in [1.29, 1.82) is 0 Å². The third-order valence-electron chi connectivity index (χ3n) is 4.93. The highest BCUT2D eigenvalue weighted by atomic mass is 16.3. The van der Waals surface area contributed by atoms with Gasteiger partial charge in [0.2, 0.25) is 0 Å². The first-order valence-electron chi connectivity index (χ1n) is 8.39. The molecule has 0 aromatic heterocycles. The molecule has 2 nitrogen and oxygen atoms in total. The molecule has 1 aromatic rings. The molecule has 1 aliphatic rings. The molecule has 1 atom stereocenters. The summed E-state index contributed by atoms with van der Waals surface area (Å²) in [7, 11) is 0. The fourth-order valence-electron chi connectivity index (χ4n) is 3.10. The maximum absolute atomic E-state index is 10.3. The highest BCUT2D eigenvalue weighted by molar-refractivity contribution is 5.26. The molecule has 0 radical (unpaired) electrons. The lowest BCUT2D eigenvalue weighted by atomic mass is 9.75. The molecule has 2 N–H and O–H groups in total. The summed E-state index contributed by atoms with van der Waals surface area (Å²) in [5.74, 6) is 0.542. The van der Waals surface area contributed by atoms with E-state index in [0.717, 1.165) is 5.56 Å². The summed E-state index contributed by atoms with van der Waals surface area (Å²) in [5.41, 5.74) is 2.85. The second-order valence-corrected chi connectivity index (χ2v) is 7.68. The van der Waals surface area contributed by atoms with E-state index in [-0.39, 0.29) is 0 Å². The predicted octanol–water partition coefficient (Wildman–Crippen LogP) is 4.40. The quantitative estimate of drug-likeness (QED) is 0.842. The van der Waals surface area contributed by atoms with Crippen LogP contribution < -0.4 is 5.32 Å². The van der Waals surface area contributed by atoms with E-state index in [4.69, 9.17) is 0 Å². The van der Waals surface area contributed by atoms with Crippen molar-refractivity contribution in [1.82, 2.24) is 5.32 Å². The van der Waals surface area contributed by atoms with Crippen LogP contribution in [0.25, 0.3) is 0 Å². The van der Waals surface area contributed by atoms with Crippen LogP contribution in [0, 0.1) is 5.41 Å². The van der Waals surface area contributed by atoms with Crippen LogP contribution in [0.4, 0.5) is 0 Å². The molecule has 0 spiro atoms. The van der Waals surface area contributed by atoms with Gasteiger partial charge in [-0.25, -0.2) is 0 Å². The molecular weight excluding hydrogens is 258 g/mol. The number of aliphatic hydroxyl groups excluding tert-OH is 1. The monoisotopic (exact) mass is 289 g/mol. The number of hydrogen-bond donors (Lipinski definition) is 2. The van der Waals surface area contributed by atoms with Gasteiger partial charge < -0.3 is 10.4 Å². The van der Waals surface area contributed by atoms with Crippen LogP contribution in [-0.2, 0) is 0 Å². The summed E-state index contributed by atoms with van der Waals surface area (Å²) in [6.07, 6.45) is 4.62. The Morgan fingerprint density at radius 2 is 1.62 bits per heavy atom. The Labute approximate surface area is 130 Å². The van der Waals surface area contributed by atoms with Crippen molar-refractivity contribution < 1.29 is 5.11 Å². The van der Waals surface area contributed by atoms with Crippen LogP contribution in [0.2, 0.25) is 0 Å². The van der Waals surface area contributed by atoms with E-state index in [0.29, 0.717) is 23.9 Å². The van der Waals surface area contributed by atoms with Crippen LogP contribution in [0.1, 0.15) is 76.5 Å². The van der Waals surface area contributed by atoms with E-state index in [1.54, 1.807) is 0 Å². The van der Waals surface area contributed by atoms with E-state index >= 15 is 0 Å². The normalized spacial score (nSPS) is 20.7. The Balaban J connectivity index is 1.80. The number of benzene rings is 1.